The first kappa shape index (κ1) is 14.5. The fourth-order valence-corrected chi connectivity index (χ4v) is 2.58. The Bertz CT molecular complexity index is 680. The third-order valence-electron chi connectivity index (χ3n) is 3.78. The van der Waals surface area contributed by atoms with Crippen molar-refractivity contribution in [2.45, 2.75) is 12.8 Å². The monoisotopic (exact) mass is 302 g/mol. The van der Waals surface area contributed by atoms with Crippen molar-refractivity contribution in [1.82, 2.24) is 0 Å². The summed E-state index contributed by atoms with van der Waals surface area (Å²) in [6, 6.07) is 10.3. The van der Waals surface area contributed by atoms with Gasteiger partial charge in [-0.1, -0.05) is 0 Å². The molecule has 1 aliphatic rings. The summed E-state index contributed by atoms with van der Waals surface area (Å²) in [7, 11) is 0. The maximum absolute atomic E-state index is 13.5. The molecule has 0 saturated carbocycles. The molecule has 1 aliphatic heterocycles. The second-order valence-electron chi connectivity index (χ2n) is 5.32. The molecule has 0 unspecified atom stereocenters. The van der Waals surface area contributed by atoms with Gasteiger partial charge in [0.05, 0.1) is 5.69 Å². The summed E-state index contributed by atoms with van der Waals surface area (Å²) in [5, 5.41) is 2.45. The van der Waals surface area contributed by atoms with Gasteiger partial charge in [-0.25, -0.2) is 8.78 Å². The van der Waals surface area contributed by atoms with Gasteiger partial charge < -0.3 is 10.2 Å². The number of anilines is 2. The quantitative estimate of drug-likeness (QED) is 0.935. The van der Waals surface area contributed by atoms with Gasteiger partial charge in [-0.2, -0.15) is 0 Å². The highest BCUT2D eigenvalue weighted by Gasteiger charge is 2.14. The normalized spacial score (nSPS) is 14.2. The molecule has 1 fully saturated rings. The molecule has 3 rings (SSSR count). The maximum Gasteiger partial charge on any atom is 0.255 e. The number of nitrogens with one attached hydrogen (secondary N) is 1. The zero-order chi connectivity index (χ0) is 15.5. The lowest BCUT2D eigenvalue weighted by molar-refractivity contribution is 0.102. The van der Waals surface area contributed by atoms with Gasteiger partial charge >= 0.3 is 0 Å². The van der Waals surface area contributed by atoms with Crippen LogP contribution in [0.3, 0.4) is 0 Å². The molecule has 22 heavy (non-hydrogen) atoms. The van der Waals surface area contributed by atoms with Gasteiger partial charge in [0.25, 0.3) is 5.91 Å². The molecule has 114 valence electrons. The van der Waals surface area contributed by atoms with Gasteiger partial charge in [-0.15, -0.1) is 0 Å². The molecule has 1 heterocycles. The van der Waals surface area contributed by atoms with E-state index in [-0.39, 0.29) is 5.69 Å². The van der Waals surface area contributed by atoms with Crippen LogP contribution in [0.15, 0.2) is 42.5 Å². The SMILES string of the molecule is O=C(Nc1ccc(F)cc1F)c1ccc(N2CCCC2)cc1. The predicted octanol–water partition coefficient (Wildman–Crippen LogP) is 3.82. The lowest BCUT2D eigenvalue weighted by Gasteiger charge is -2.17. The molecule has 3 nitrogen and oxygen atoms in total. The Kier molecular flexibility index (Phi) is 4.04. The largest absolute Gasteiger partial charge is 0.372 e. The number of benzene rings is 2. The summed E-state index contributed by atoms with van der Waals surface area (Å²) in [5.41, 5.74) is 1.49. The number of halogens is 2. The minimum Gasteiger partial charge on any atom is -0.372 e. The molecule has 2 aromatic rings. The lowest BCUT2D eigenvalue weighted by Crippen LogP contribution is -2.18. The van der Waals surface area contributed by atoms with E-state index in [1.54, 1.807) is 12.1 Å². The van der Waals surface area contributed by atoms with Crippen LogP contribution in [0.1, 0.15) is 23.2 Å². The van der Waals surface area contributed by atoms with E-state index in [1.165, 1.54) is 18.9 Å². The topological polar surface area (TPSA) is 32.3 Å². The van der Waals surface area contributed by atoms with Crippen molar-refractivity contribution in [1.29, 1.82) is 0 Å². The molecule has 0 aliphatic carbocycles. The molecule has 5 heteroatoms. The molecule has 0 bridgehead atoms. The first-order chi connectivity index (χ1) is 10.6. The Morgan fingerprint density at radius 3 is 2.32 bits per heavy atom. The van der Waals surface area contributed by atoms with Gasteiger partial charge in [-0.3, -0.25) is 4.79 Å². The van der Waals surface area contributed by atoms with Crippen LogP contribution >= 0.6 is 0 Å². The van der Waals surface area contributed by atoms with Crippen molar-refractivity contribution in [2.75, 3.05) is 23.3 Å². The molecular formula is C17H16F2N2O. The highest BCUT2D eigenvalue weighted by Crippen LogP contribution is 2.21. The van der Waals surface area contributed by atoms with E-state index in [1.807, 2.05) is 12.1 Å². The molecule has 2 aromatic carbocycles. The zero-order valence-electron chi connectivity index (χ0n) is 12.0. The van der Waals surface area contributed by atoms with Crippen LogP contribution < -0.4 is 10.2 Å². The number of carbonyl (C=O) groups excluding carboxylic acids is 1. The van der Waals surface area contributed by atoms with E-state index in [4.69, 9.17) is 0 Å². The fourth-order valence-electron chi connectivity index (χ4n) is 2.58. The smallest absolute Gasteiger partial charge is 0.255 e. The summed E-state index contributed by atoms with van der Waals surface area (Å²) in [5.74, 6) is -1.88. The van der Waals surface area contributed by atoms with Gasteiger partial charge in [-0.05, 0) is 49.2 Å². The second-order valence-corrected chi connectivity index (χ2v) is 5.32. The first-order valence-corrected chi connectivity index (χ1v) is 7.25. The van der Waals surface area contributed by atoms with Gasteiger partial charge in [0.15, 0.2) is 0 Å². The fraction of sp³-hybridized carbons (Fsp3) is 0.235. The van der Waals surface area contributed by atoms with Crippen LogP contribution in [-0.4, -0.2) is 19.0 Å². The molecule has 0 radical (unpaired) electrons. The molecule has 1 saturated heterocycles. The third kappa shape index (κ3) is 3.08. The predicted molar refractivity (Wildman–Crippen MR) is 82.2 cm³/mol. The molecule has 1 amide bonds. The highest BCUT2D eigenvalue weighted by molar-refractivity contribution is 6.04. The van der Waals surface area contributed by atoms with E-state index >= 15 is 0 Å². The summed E-state index contributed by atoms with van der Waals surface area (Å²) >= 11 is 0. The maximum atomic E-state index is 13.5. The average Bonchev–Trinajstić information content (AvgIpc) is 3.04. The minimum absolute atomic E-state index is 0.0324. The average molecular weight is 302 g/mol. The number of carbonyl (C=O) groups is 1. The van der Waals surface area contributed by atoms with E-state index in [0.717, 1.165) is 30.9 Å². The molecular weight excluding hydrogens is 286 g/mol. The molecule has 1 N–H and O–H groups in total. The number of rotatable bonds is 3. The standard InChI is InChI=1S/C17H16F2N2O/c18-13-5-8-16(15(19)11-13)20-17(22)12-3-6-14(7-4-12)21-9-1-2-10-21/h3-8,11H,1-2,9-10H2,(H,20,22). The lowest BCUT2D eigenvalue weighted by atomic mass is 10.1. The van der Waals surface area contributed by atoms with Crippen molar-refractivity contribution >= 4 is 17.3 Å². The van der Waals surface area contributed by atoms with Crippen LogP contribution in [-0.2, 0) is 0 Å². The molecule has 0 aromatic heterocycles. The Morgan fingerprint density at radius 2 is 1.68 bits per heavy atom. The second kappa shape index (κ2) is 6.13. The Hall–Kier alpha value is -2.43. The van der Waals surface area contributed by atoms with Crippen LogP contribution in [0, 0.1) is 11.6 Å². The van der Waals surface area contributed by atoms with Crippen LogP contribution in [0.2, 0.25) is 0 Å². The minimum atomic E-state index is -0.790. The van der Waals surface area contributed by atoms with Crippen LogP contribution in [0.5, 0.6) is 0 Å². The van der Waals surface area contributed by atoms with Crippen LogP contribution in [0.25, 0.3) is 0 Å². The summed E-state index contributed by atoms with van der Waals surface area (Å²) in [6.45, 7) is 2.07. The van der Waals surface area contributed by atoms with Crippen molar-refractivity contribution in [3.8, 4) is 0 Å². The summed E-state index contributed by atoms with van der Waals surface area (Å²) < 4.78 is 26.4. The number of hydrogen-bond donors (Lipinski definition) is 1. The molecule has 0 spiro atoms. The Balaban J connectivity index is 1.71. The van der Waals surface area contributed by atoms with Crippen molar-refractivity contribution in [3.05, 3.63) is 59.7 Å². The molecule has 0 atom stereocenters. The van der Waals surface area contributed by atoms with Crippen molar-refractivity contribution in [3.63, 3.8) is 0 Å². The van der Waals surface area contributed by atoms with E-state index < -0.39 is 17.5 Å². The Morgan fingerprint density at radius 1 is 1.00 bits per heavy atom. The summed E-state index contributed by atoms with van der Waals surface area (Å²) in [4.78, 5) is 14.4. The zero-order valence-corrected chi connectivity index (χ0v) is 12.0. The summed E-state index contributed by atoms with van der Waals surface area (Å²) in [6.07, 6.45) is 2.37. The first-order valence-electron chi connectivity index (χ1n) is 7.25. The van der Waals surface area contributed by atoms with Gasteiger partial charge in [0.2, 0.25) is 0 Å². The number of amides is 1. The number of hydrogen-bond acceptors (Lipinski definition) is 2. The van der Waals surface area contributed by atoms with E-state index in [9.17, 15) is 13.6 Å². The third-order valence-corrected chi connectivity index (χ3v) is 3.78. The highest BCUT2D eigenvalue weighted by atomic mass is 19.1. The van der Waals surface area contributed by atoms with Gasteiger partial charge in [0.1, 0.15) is 11.6 Å². The van der Waals surface area contributed by atoms with Crippen molar-refractivity contribution in [2.24, 2.45) is 0 Å². The number of nitrogens with zero attached hydrogens (tertiary/aromatic N) is 1. The van der Waals surface area contributed by atoms with Crippen molar-refractivity contribution < 1.29 is 13.6 Å². The van der Waals surface area contributed by atoms with Gasteiger partial charge in [0, 0.05) is 30.4 Å². The van der Waals surface area contributed by atoms with E-state index in [2.05, 4.69) is 10.2 Å². The van der Waals surface area contributed by atoms with E-state index in [0.29, 0.717) is 5.56 Å². The van der Waals surface area contributed by atoms with Crippen LogP contribution in [0.4, 0.5) is 20.2 Å². The Labute approximate surface area is 127 Å².